The highest BCUT2D eigenvalue weighted by Gasteiger charge is 1.86. The molecule has 0 rings (SSSR count). The van der Waals surface area contributed by atoms with Crippen molar-refractivity contribution >= 4 is 17.2 Å². The number of carbonyl (C=O) groups excluding carboxylic acids is 1. The maximum absolute atomic E-state index is 10.0. The van der Waals surface area contributed by atoms with E-state index in [0.29, 0.717) is 0 Å². The summed E-state index contributed by atoms with van der Waals surface area (Å²) in [4.78, 5) is 10.0. The molecule has 0 aliphatic carbocycles. The minimum Gasteiger partial charge on any atom is -0.366 e. The van der Waals surface area contributed by atoms with E-state index in [0.717, 1.165) is 6.08 Å². The van der Waals surface area contributed by atoms with Crippen molar-refractivity contribution in [2.75, 3.05) is 6.54 Å². The second-order valence-corrected chi connectivity index (χ2v) is 2.19. The highest BCUT2D eigenvalue weighted by Crippen LogP contribution is 1.69. The molecule has 0 saturated heterocycles. The molecule has 0 radical (unpaired) electrons. The monoisotopic (exact) mass is 164 g/mol. The van der Waals surface area contributed by atoms with Crippen LogP contribution in [-0.4, -0.2) is 21.2 Å². The Morgan fingerprint density at radius 3 is 2.80 bits per heavy atom. The highest BCUT2D eigenvalue weighted by atomic mass is 32.2. The molecule has 0 aliphatic heterocycles. The Hall–Kier alpha value is -0.720. The summed E-state index contributed by atoms with van der Waals surface area (Å²) in [5.74, 6) is -0.578. The van der Waals surface area contributed by atoms with Crippen LogP contribution in [0.4, 0.5) is 0 Å². The van der Waals surface area contributed by atoms with Gasteiger partial charge in [0.2, 0.25) is 17.2 Å². The average Bonchev–Trinajstić information content (AvgIpc) is 1.79. The Labute approximate surface area is 60.7 Å². The van der Waals surface area contributed by atoms with E-state index >= 15 is 0 Å². The summed E-state index contributed by atoms with van der Waals surface area (Å²) < 4.78 is 20.2. The second-order valence-electron chi connectivity index (χ2n) is 1.40. The zero-order chi connectivity index (χ0) is 7.98. The molecule has 0 aromatic carbocycles. The third-order valence-corrected chi connectivity index (χ3v) is 1.02. The maximum atomic E-state index is 10.0. The molecule has 10 heavy (non-hydrogen) atoms. The number of nitrogens with one attached hydrogen (secondary N) is 1. The summed E-state index contributed by atoms with van der Waals surface area (Å²) in [6.07, 6.45) is 2.47. The third-order valence-electron chi connectivity index (χ3n) is 0.607. The number of primary amides is 1. The fourth-order valence-corrected chi connectivity index (χ4v) is 0.533. The lowest BCUT2D eigenvalue weighted by Gasteiger charge is -1.89. The summed E-state index contributed by atoms with van der Waals surface area (Å²) in [5, 5.41) is 0. The molecule has 0 heterocycles. The van der Waals surface area contributed by atoms with Crippen molar-refractivity contribution < 1.29 is 13.6 Å². The fourth-order valence-electron chi connectivity index (χ4n) is 0.294. The molecule has 1 amide bonds. The molecule has 4 N–H and O–H groups in total. The van der Waals surface area contributed by atoms with E-state index in [1.165, 1.54) is 6.08 Å². The van der Waals surface area contributed by atoms with Crippen molar-refractivity contribution in [3.63, 3.8) is 0 Å². The van der Waals surface area contributed by atoms with Gasteiger partial charge in [0.05, 0.1) is 0 Å². The van der Waals surface area contributed by atoms with Crippen molar-refractivity contribution in [3.8, 4) is 0 Å². The van der Waals surface area contributed by atoms with Crippen molar-refractivity contribution in [3.05, 3.63) is 12.2 Å². The standard InChI is InChI=1S/C4H8N2O3S/c5-4(7)2-1-3-6-10(8)9/h1-2,6H,3H2,(H2,5,7)(H,8,9). The van der Waals surface area contributed by atoms with Gasteiger partial charge in [-0.15, -0.1) is 0 Å². The molecule has 0 aromatic rings. The molecule has 1 unspecified atom stereocenters. The largest absolute Gasteiger partial charge is 0.366 e. The van der Waals surface area contributed by atoms with E-state index in [9.17, 15) is 9.00 Å². The van der Waals surface area contributed by atoms with Crippen LogP contribution in [0.2, 0.25) is 0 Å². The van der Waals surface area contributed by atoms with E-state index in [1.807, 2.05) is 0 Å². The van der Waals surface area contributed by atoms with Crippen LogP contribution in [0.1, 0.15) is 0 Å². The Morgan fingerprint density at radius 2 is 2.40 bits per heavy atom. The molecule has 0 saturated carbocycles. The molecular weight excluding hydrogens is 156 g/mol. The molecule has 0 spiro atoms. The zero-order valence-electron chi connectivity index (χ0n) is 5.11. The van der Waals surface area contributed by atoms with E-state index < -0.39 is 17.2 Å². The van der Waals surface area contributed by atoms with Gasteiger partial charge in [-0.25, -0.2) is 8.93 Å². The van der Waals surface area contributed by atoms with Gasteiger partial charge in [-0.3, -0.25) is 9.35 Å². The number of rotatable bonds is 4. The summed E-state index contributed by atoms with van der Waals surface area (Å²) in [7, 11) is 0. The summed E-state index contributed by atoms with van der Waals surface area (Å²) in [6.45, 7) is 0.145. The Bertz CT molecular complexity index is 168. The zero-order valence-corrected chi connectivity index (χ0v) is 5.93. The van der Waals surface area contributed by atoms with Crippen molar-refractivity contribution in [1.29, 1.82) is 0 Å². The van der Waals surface area contributed by atoms with Crippen LogP contribution in [0.3, 0.4) is 0 Å². The van der Waals surface area contributed by atoms with Crippen LogP contribution >= 0.6 is 0 Å². The second kappa shape index (κ2) is 5.10. The minimum absolute atomic E-state index is 0.145. The topological polar surface area (TPSA) is 92.4 Å². The Morgan fingerprint density at radius 1 is 1.80 bits per heavy atom. The predicted octanol–water partition coefficient (Wildman–Crippen LogP) is -1.25. The molecule has 0 aromatic heterocycles. The average molecular weight is 164 g/mol. The first-order valence-corrected chi connectivity index (χ1v) is 3.54. The fraction of sp³-hybridized carbons (Fsp3) is 0.250. The van der Waals surface area contributed by atoms with Gasteiger partial charge < -0.3 is 5.73 Å². The first-order valence-electron chi connectivity index (χ1n) is 2.43. The van der Waals surface area contributed by atoms with Crippen molar-refractivity contribution in [1.82, 2.24) is 4.72 Å². The highest BCUT2D eigenvalue weighted by molar-refractivity contribution is 7.77. The lowest BCUT2D eigenvalue weighted by molar-refractivity contribution is -0.113. The lowest BCUT2D eigenvalue weighted by Crippen LogP contribution is -2.16. The van der Waals surface area contributed by atoms with E-state index in [1.54, 1.807) is 0 Å². The molecule has 1 atom stereocenters. The van der Waals surface area contributed by atoms with Gasteiger partial charge in [0.25, 0.3) is 0 Å². The number of carbonyl (C=O) groups is 1. The summed E-state index contributed by atoms with van der Waals surface area (Å²) >= 11 is -2.03. The lowest BCUT2D eigenvalue weighted by atomic mass is 10.5. The molecule has 0 fully saturated rings. The number of nitrogens with two attached hydrogens (primary N) is 1. The van der Waals surface area contributed by atoms with Crippen LogP contribution < -0.4 is 10.5 Å². The Kier molecular flexibility index (Phi) is 4.73. The van der Waals surface area contributed by atoms with Gasteiger partial charge in [0.15, 0.2) is 0 Å². The van der Waals surface area contributed by atoms with E-state index in [2.05, 4.69) is 4.72 Å². The smallest absolute Gasteiger partial charge is 0.241 e. The van der Waals surface area contributed by atoms with Gasteiger partial charge in [0, 0.05) is 6.54 Å². The Balaban J connectivity index is 3.36. The predicted molar refractivity (Wildman–Crippen MR) is 37.1 cm³/mol. The van der Waals surface area contributed by atoms with Crippen molar-refractivity contribution in [2.24, 2.45) is 5.73 Å². The van der Waals surface area contributed by atoms with Crippen LogP contribution in [0, 0.1) is 0 Å². The van der Waals surface area contributed by atoms with Crippen LogP contribution in [-0.2, 0) is 16.1 Å². The third kappa shape index (κ3) is 7.28. The first kappa shape index (κ1) is 9.28. The minimum atomic E-state index is -2.03. The van der Waals surface area contributed by atoms with Gasteiger partial charge in [-0.05, 0) is 6.08 Å². The number of amides is 1. The van der Waals surface area contributed by atoms with Gasteiger partial charge in [-0.1, -0.05) is 6.08 Å². The SMILES string of the molecule is NC(=O)C=CCNS(=O)O. The van der Waals surface area contributed by atoms with Gasteiger partial charge in [0.1, 0.15) is 0 Å². The van der Waals surface area contributed by atoms with Gasteiger partial charge >= 0.3 is 0 Å². The first-order chi connectivity index (χ1) is 4.63. The van der Waals surface area contributed by atoms with Crippen molar-refractivity contribution in [2.45, 2.75) is 0 Å². The van der Waals surface area contributed by atoms with Crippen LogP contribution in [0.5, 0.6) is 0 Å². The molecule has 6 heteroatoms. The molecule has 0 aliphatic rings. The summed E-state index contributed by atoms with van der Waals surface area (Å²) in [5.41, 5.74) is 4.72. The number of hydrogen-bond donors (Lipinski definition) is 3. The number of hydrogen-bond acceptors (Lipinski definition) is 2. The van der Waals surface area contributed by atoms with E-state index in [4.69, 9.17) is 10.3 Å². The molecule has 58 valence electrons. The quantitative estimate of drug-likeness (QED) is 0.358. The molecular formula is C4H8N2O3S. The van der Waals surface area contributed by atoms with Crippen LogP contribution in [0.15, 0.2) is 12.2 Å². The maximum Gasteiger partial charge on any atom is 0.241 e. The molecule has 5 nitrogen and oxygen atoms in total. The summed E-state index contributed by atoms with van der Waals surface area (Å²) in [6, 6.07) is 0. The normalized spacial score (nSPS) is 13.7. The van der Waals surface area contributed by atoms with Gasteiger partial charge in [-0.2, -0.15) is 0 Å². The molecule has 0 bridgehead atoms. The van der Waals surface area contributed by atoms with E-state index in [-0.39, 0.29) is 6.54 Å². The van der Waals surface area contributed by atoms with Crippen LogP contribution in [0.25, 0.3) is 0 Å².